The molecule has 16 heteroatoms. The highest BCUT2D eigenvalue weighted by Gasteiger charge is 2.17. The van der Waals surface area contributed by atoms with Crippen LogP contribution < -0.4 is 37.3 Å². The quantitative estimate of drug-likeness (QED) is 0.0515. The van der Waals surface area contributed by atoms with E-state index in [1.165, 1.54) is 12.1 Å². The van der Waals surface area contributed by atoms with E-state index in [1.54, 1.807) is 36.4 Å². The zero-order valence-corrected chi connectivity index (χ0v) is 32.6. The fourth-order valence-corrected chi connectivity index (χ4v) is 6.20. The predicted molar refractivity (Wildman–Crippen MR) is 216 cm³/mol. The first-order valence-corrected chi connectivity index (χ1v) is 19.2. The molecule has 1 aromatic carbocycles. The van der Waals surface area contributed by atoms with Crippen LogP contribution in [0.25, 0.3) is 5.57 Å². The molecule has 0 fully saturated rings. The molecule has 0 spiro atoms. The number of nitrogens with zero attached hydrogens (tertiary/aromatic N) is 6. The van der Waals surface area contributed by atoms with E-state index in [1.807, 2.05) is 24.8 Å². The summed E-state index contributed by atoms with van der Waals surface area (Å²) in [4.78, 5) is 66.5. The Morgan fingerprint density at radius 3 is 1.66 bits per heavy atom. The van der Waals surface area contributed by atoms with Crippen molar-refractivity contribution in [2.45, 2.75) is 97.3 Å². The lowest BCUT2D eigenvalue weighted by Gasteiger charge is -2.25. The predicted octanol–water partition coefficient (Wildman–Crippen LogP) is 6.39. The number of allylic oxidation sites excluding steroid dienone is 2. The Labute approximate surface area is 327 Å². The zero-order valence-electron chi connectivity index (χ0n) is 32.6. The smallest absolute Gasteiger partial charge is 0.321 e. The van der Waals surface area contributed by atoms with E-state index in [0.717, 1.165) is 57.1 Å². The minimum Gasteiger partial charge on any atom is -0.370 e. The highest BCUT2D eigenvalue weighted by molar-refractivity contribution is 5.88. The number of aromatic nitrogens is 4. The van der Waals surface area contributed by atoms with Crippen LogP contribution in [-0.4, -0.2) is 58.2 Å². The van der Waals surface area contributed by atoms with Gasteiger partial charge in [0.25, 0.3) is 11.1 Å². The number of benzene rings is 1. The van der Waals surface area contributed by atoms with Crippen molar-refractivity contribution < 1.29 is 9.59 Å². The monoisotopic (exact) mass is 764 g/mol. The number of nitriles is 3. The van der Waals surface area contributed by atoms with Gasteiger partial charge in [-0.25, -0.2) is 19.6 Å². The van der Waals surface area contributed by atoms with Crippen LogP contribution in [0.4, 0.5) is 27.2 Å². The largest absolute Gasteiger partial charge is 0.370 e. The molecule has 2 aromatic heterocycles. The maximum Gasteiger partial charge on any atom is 0.321 e. The van der Waals surface area contributed by atoms with Gasteiger partial charge < -0.3 is 15.5 Å². The number of carbonyl (C=O) groups is 2. The molecule has 16 nitrogen and oxygen atoms in total. The molecule has 0 saturated heterocycles. The molecule has 4 amide bonds. The first kappa shape index (κ1) is 43.9. The lowest BCUT2D eigenvalue weighted by molar-refractivity contribution is 0.251. The van der Waals surface area contributed by atoms with Crippen LogP contribution >= 0.6 is 0 Å². The Morgan fingerprint density at radius 1 is 0.714 bits per heavy atom. The van der Waals surface area contributed by atoms with Crippen molar-refractivity contribution in [3.63, 3.8) is 0 Å². The Balaban J connectivity index is 1.68. The Bertz CT molecular complexity index is 2020. The number of rotatable bonds is 21. The summed E-state index contributed by atoms with van der Waals surface area (Å²) in [5, 5.41) is 39.0. The van der Waals surface area contributed by atoms with E-state index in [0.29, 0.717) is 36.5 Å². The third-order valence-corrected chi connectivity index (χ3v) is 9.29. The molecule has 0 saturated carbocycles. The molecular formula is C40H52N12O4. The van der Waals surface area contributed by atoms with Crippen molar-refractivity contribution in [1.82, 2.24) is 30.6 Å². The van der Waals surface area contributed by atoms with E-state index in [4.69, 9.17) is 0 Å². The molecular weight excluding hydrogens is 713 g/mol. The average Bonchev–Trinajstić information content (AvgIpc) is 3.18. The second-order valence-corrected chi connectivity index (χ2v) is 13.3. The second kappa shape index (κ2) is 23.3. The molecule has 0 aliphatic carbocycles. The van der Waals surface area contributed by atoms with Crippen molar-refractivity contribution in [2.24, 2.45) is 0 Å². The fourth-order valence-electron chi connectivity index (χ4n) is 6.20. The first-order valence-electron chi connectivity index (χ1n) is 19.2. The summed E-state index contributed by atoms with van der Waals surface area (Å²) in [6.07, 6.45) is 7.97. The Kier molecular flexibility index (Phi) is 18.3. The van der Waals surface area contributed by atoms with Gasteiger partial charge in [0.15, 0.2) is 0 Å². The van der Waals surface area contributed by atoms with Crippen LogP contribution in [0.1, 0.15) is 114 Å². The first-order chi connectivity index (χ1) is 27.1. The summed E-state index contributed by atoms with van der Waals surface area (Å²) in [6, 6.07) is 14.0. The van der Waals surface area contributed by atoms with E-state index < -0.39 is 12.1 Å². The number of anilines is 3. The number of carbonyl (C=O) groups excluding carboxylic acids is 2. The fraction of sp³-hybridized carbons (Fsp3) is 0.475. The van der Waals surface area contributed by atoms with Crippen LogP contribution in [0, 0.1) is 34.0 Å². The van der Waals surface area contributed by atoms with Crippen LogP contribution in [-0.2, 0) is 0 Å². The summed E-state index contributed by atoms with van der Waals surface area (Å²) in [6.45, 7) is 9.49. The van der Waals surface area contributed by atoms with Gasteiger partial charge >= 0.3 is 12.1 Å². The minimum absolute atomic E-state index is 0.0412. The number of unbranched alkanes of at least 4 members (excludes halogenated alkanes) is 2. The van der Waals surface area contributed by atoms with Crippen molar-refractivity contribution in [3.8, 4) is 18.2 Å². The molecule has 3 aromatic rings. The van der Waals surface area contributed by atoms with E-state index >= 15 is 0 Å². The molecule has 296 valence electrons. The molecule has 2 heterocycles. The molecule has 3 rings (SSSR count). The molecule has 0 aliphatic rings. The Morgan fingerprint density at radius 2 is 1.21 bits per heavy atom. The summed E-state index contributed by atoms with van der Waals surface area (Å²) < 4.78 is 0. The normalized spacial score (nSPS) is 11.5. The molecule has 0 radical (unpaired) electrons. The maximum atomic E-state index is 12.9. The third kappa shape index (κ3) is 13.7. The molecule has 2 atom stereocenters. The van der Waals surface area contributed by atoms with E-state index in [9.17, 15) is 35.0 Å². The lowest BCUT2D eigenvalue weighted by atomic mass is 9.96. The van der Waals surface area contributed by atoms with Gasteiger partial charge in [-0.15, -0.1) is 0 Å². The number of H-pyrrole nitrogens is 2. The number of amides is 4. The van der Waals surface area contributed by atoms with Gasteiger partial charge in [0, 0.05) is 55.8 Å². The number of hydrogen-bond acceptors (Lipinski definition) is 10. The van der Waals surface area contributed by atoms with Gasteiger partial charge in [-0.2, -0.15) is 15.8 Å². The lowest BCUT2D eigenvalue weighted by Crippen LogP contribution is -2.39. The average molecular weight is 765 g/mol. The SMILES string of the molecule is CCCCC(CC)c1cc(=O)[nH]c(NC(=O)NCCCN(CCNC(=O)Nc2nc(C(CC)CCCC)cc(=O)[nH]2)c2ccc(C(C#N)=C(C#N)C#N)cc2)n1. The molecule has 56 heavy (non-hydrogen) atoms. The third-order valence-electron chi connectivity index (χ3n) is 9.29. The topological polar surface area (TPSA) is 248 Å². The van der Waals surface area contributed by atoms with Crippen molar-refractivity contribution in [2.75, 3.05) is 41.7 Å². The van der Waals surface area contributed by atoms with Crippen LogP contribution in [0.3, 0.4) is 0 Å². The van der Waals surface area contributed by atoms with Crippen LogP contribution in [0.2, 0.25) is 0 Å². The summed E-state index contributed by atoms with van der Waals surface area (Å²) in [5.74, 6) is 0.345. The highest BCUT2D eigenvalue weighted by Crippen LogP contribution is 2.25. The van der Waals surface area contributed by atoms with Gasteiger partial charge in [-0.3, -0.25) is 30.2 Å². The summed E-state index contributed by atoms with van der Waals surface area (Å²) >= 11 is 0. The number of hydrogen-bond donors (Lipinski definition) is 6. The summed E-state index contributed by atoms with van der Waals surface area (Å²) in [7, 11) is 0. The molecule has 2 unspecified atom stereocenters. The van der Waals surface area contributed by atoms with Gasteiger partial charge in [-0.1, -0.05) is 65.5 Å². The zero-order chi connectivity index (χ0) is 40.9. The standard InChI is InChI=1S/C40H52N12O4/c1-5-9-12-27(7-3)33-22-35(53)48-37(46-33)50-39(55)44-18-11-20-52(31-16-14-29(15-17-31)32(26-43)30(24-41)25-42)21-19-45-40(56)51-38-47-34(23-36(54)49-38)28(8-4)13-10-6-2/h14-17,22-23,27-28H,5-13,18-21H2,1-4H3,(H3,44,46,48,50,53,55)(H3,45,47,49,51,54,56). The van der Waals surface area contributed by atoms with Crippen molar-refractivity contribution in [3.05, 3.63) is 79.6 Å². The number of aromatic amines is 2. The second-order valence-electron chi connectivity index (χ2n) is 13.3. The van der Waals surface area contributed by atoms with Gasteiger partial charge in [-0.05, 0) is 49.8 Å². The van der Waals surface area contributed by atoms with E-state index in [-0.39, 0.29) is 59.1 Å². The molecule has 6 N–H and O–H groups in total. The van der Waals surface area contributed by atoms with Crippen molar-refractivity contribution in [1.29, 1.82) is 15.8 Å². The van der Waals surface area contributed by atoms with Crippen LogP contribution in [0.15, 0.2) is 51.6 Å². The van der Waals surface area contributed by atoms with Gasteiger partial charge in [0.1, 0.15) is 23.8 Å². The van der Waals surface area contributed by atoms with Gasteiger partial charge in [0.05, 0.1) is 17.0 Å². The maximum absolute atomic E-state index is 12.9. The van der Waals surface area contributed by atoms with E-state index in [2.05, 4.69) is 55.1 Å². The van der Waals surface area contributed by atoms with Gasteiger partial charge in [0.2, 0.25) is 11.9 Å². The number of urea groups is 2. The van der Waals surface area contributed by atoms with Crippen molar-refractivity contribution >= 4 is 35.2 Å². The minimum atomic E-state index is -0.559. The molecule has 0 bridgehead atoms. The summed E-state index contributed by atoms with van der Waals surface area (Å²) in [5.41, 5.74) is 1.36. The highest BCUT2D eigenvalue weighted by atomic mass is 16.2. The number of nitrogens with one attached hydrogen (secondary N) is 6. The molecule has 0 aliphatic heterocycles. The Hall–Kier alpha value is -6.47. The van der Waals surface area contributed by atoms with Crippen LogP contribution in [0.5, 0.6) is 0 Å².